The van der Waals surface area contributed by atoms with Crippen LogP contribution in [0, 0.1) is 5.92 Å². The molecular formula is C8H15N. The highest BCUT2D eigenvalue weighted by atomic mass is 14.6. The van der Waals surface area contributed by atoms with E-state index in [-0.39, 0.29) is 0 Å². The van der Waals surface area contributed by atoms with E-state index in [0.717, 1.165) is 6.42 Å². The first-order chi connectivity index (χ1) is 4.20. The Morgan fingerprint density at radius 3 is 2.78 bits per heavy atom. The Labute approximate surface area is 56.9 Å². The van der Waals surface area contributed by atoms with Crippen molar-refractivity contribution in [2.45, 2.75) is 32.7 Å². The van der Waals surface area contributed by atoms with Crippen molar-refractivity contribution in [3.63, 3.8) is 0 Å². The Bertz CT molecular complexity index is 127. The highest BCUT2D eigenvalue weighted by molar-refractivity contribution is 5.06. The summed E-state index contributed by atoms with van der Waals surface area (Å²) in [6.45, 7) is 4.41. The molecule has 0 aromatic heterocycles. The fourth-order valence-electron chi connectivity index (χ4n) is 1.31. The van der Waals surface area contributed by atoms with Gasteiger partial charge in [-0.2, -0.15) is 0 Å². The molecular weight excluding hydrogens is 110 g/mol. The Kier molecular flexibility index (Phi) is 1.91. The summed E-state index contributed by atoms with van der Waals surface area (Å²) in [6.07, 6.45) is 4.53. The fourth-order valence-corrected chi connectivity index (χ4v) is 1.31. The summed E-state index contributed by atoms with van der Waals surface area (Å²) in [6, 6.07) is 0.411. The maximum absolute atomic E-state index is 5.80. The summed E-state index contributed by atoms with van der Waals surface area (Å²) in [5, 5.41) is 0. The average Bonchev–Trinajstić information content (AvgIpc) is 1.80. The van der Waals surface area contributed by atoms with Crippen LogP contribution in [0.4, 0.5) is 0 Å². The second-order valence-electron chi connectivity index (χ2n) is 3.13. The quantitative estimate of drug-likeness (QED) is 0.490. The predicted molar refractivity (Wildman–Crippen MR) is 40.1 cm³/mol. The zero-order chi connectivity index (χ0) is 6.85. The number of hydrogen-bond donors (Lipinski definition) is 1. The highest BCUT2D eigenvalue weighted by Gasteiger charge is 2.15. The average molecular weight is 125 g/mol. The van der Waals surface area contributed by atoms with Crippen LogP contribution >= 0.6 is 0 Å². The molecule has 1 nitrogen and oxygen atoms in total. The first-order valence-corrected chi connectivity index (χ1v) is 3.61. The normalized spacial score (nSPS) is 36.1. The fraction of sp³-hybridized carbons (Fsp3) is 0.750. The number of allylic oxidation sites excluding steroid dienone is 1. The standard InChI is InChI=1S/C8H15N/c1-6-3-4-8(9)7(2)5-6/h3,7-8H,4-5,9H2,1-2H3/t7?,8-/m0/s1. The molecule has 0 aromatic rings. The Balaban J connectivity index is 2.54. The van der Waals surface area contributed by atoms with Crippen LogP contribution in [0.2, 0.25) is 0 Å². The van der Waals surface area contributed by atoms with Gasteiger partial charge in [0.15, 0.2) is 0 Å². The van der Waals surface area contributed by atoms with Gasteiger partial charge in [0.05, 0.1) is 0 Å². The van der Waals surface area contributed by atoms with E-state index in [9.17, 15) is 0 Å². The van der Waals surface area contributed by atoms with E-state index < -0.39 is 0 Å². The SMILES string of the molecule is CC1=CC[C@H](N)C(C)C1. The van der Waals surface area contributed by atoms with Gasteiger partial charge < -0.3 is 5.73 Å². The second kappa shape index (κ2) is 2.53. The van der Waals surface area contributed by atoms with Crippen LogP contribution in [0.25, 0.3) is 0 Å². The third-order valence-corrected chi connectivity index (χ3v) is 2.11. The van der Waals surface area contributed by atoms with Crippen molar-refractivity contribution < 1.29 is 0 Å². The monoisotopic (exact) mass is 125 g/mol. The molecule has 9 heavy (non-hydrogen) atoms. The Morgan fingerprint density at radius 2 is 2.33 bits per heavy atom. The summed E-state index contributed by atoms with van der Waals surface area (Å²) in [5.74, 6) is 0.690. The second-order valence-corrected chi connectivity index (χ2v) is 3.13. The molecule has 2 atom stereocenters. The molecule has 1 heteroatoms. The van der Waals surface area contributed by atoms with Crippen LogP contribution in [0.1, 0.15) is 26.7 Å². The van der Waals surface area contributed by atoms with Gasteiger partial charge in [0.2, 0.25) is 0 Å². The first-order valence-electron chi connectivity index (χ1n) is 3.61. The van der Waals surface area contributed by atoms with Crippen LogP contribution in [-0.4, -0.2) is 6.04 Å². The van der Waals surface area contributed by atoms with Crippen LogP contribution in [0.3, 0.4) is 0 Å². The topological polar surface area (TPSA) is 26.0 Å². The molecule has 1 aliphatic rings. The summed E-state index contributed by atoms with van der Waals surface area (Å²) in [5.41, 5.74) is 7.30. The van der Waals surface area contributed by atoms with Crippen molar-refractivity contribution in [2.75, 3.05) is 0 Å². The lowest BCUT2D eigenvalue weighted by Crippen LogP contribution is -2.29. The van der Waals surface area contributed by atoms with Gasteiger partial charge in [-0.1, -0.05) is 18.6 Å². The molecule has 0 saturated heterocycles. The minimum absolute atomic E-state index is 0.411. The molecule has 0 fully saturated rings. The number of hydrogen-bond acceptors (Lipinski definition) is 1. The maximum Gasteiger partial charge on any atom is 0.0102 e. The van der Waals surface area contributed by atoms with Crippen LogP contribution in [-0.2, 0) is 0 Å². The lowest BCUT2D eigenvalue weighted by atomic mass is 9.87. The van der Waals surface area contributed by atoms with E-state index in [4.69, 9.17) is 5.73 Å². The summed E-state index contributed by atoms with van der Waals surface area (Å²) in [7, 11) is 0. The summed E-state index contributed by atoms with van der Waals surface area (Å²) in [4.78, 5) is 0. The van der Waals surface area contributed by atoms with Crippen molar-refractivity contribution in [3.05, 3.63) is 11.6 Å². The van der Waals surface area contributed by atoms with Gasteiger partial charge in [0.25, 0.3) is 0 Å². The van der Waals surface area contributed by atoms with Crippen LogP contribution in [0.5, 0.6) is 0 Å². The lowest BCUT2D eigenvalue weighted by Gasteiger charge is -2.23. The smallest absolute Gasteiger partial charge is 0.0102 e. The zero-order valence-corrected chi connectivity index (χ0v) is 6.22. The minimum atomic E-state index is 0.411. The first kappa shape index (κ1) is 6.81. The van der Waals surface area contributed by atoms with Crippen molar-refractivity contribution >= 4 is 0 Å². The molecule has 1 rings (SSSR count). The van der Waals surface area contributed by atoms with Gasteiger partial charge in [-0.15, -0.1) is 0 Å². The molecule has 0 saturated carbocycles. The third-order valence-electron chi connectivity index (χ3n) is 2.11. The van der Waals surface area contributed by atoms with Crippen LogP contribution in [0.15, 0.2) is 11.6 Å². The lowest BCUT2D eigenvalue weighted by molar-refractivity contribution is 0.434. The number of nitrogens with two attached hydrogens (primary N) is 1. The van der Waals surface area contributed by atoms with Gasteiger partial charge in [-0.3, -0.25) is 0 Å². The molecule has 1 aliphatic carbocycles. The van der Waals surface area contributed by atoms with E-state index in [1.165, 1.54) is 12.0 Å². The van der Waals surface area contributed by atoms with Crippen molar-refractivity contribution in [2.24, 2.45) is 11.7 Å². The molecule has 1 unspecified atom stereocenters. The van der Waals surface area contributed by atoms with E-state index >= 15 is 0 Å². The van der Waals surface area contributed by atoms with Crippen molar-refractivity contribution in [3.8, 4) is 0 Å². The minimum Gasteiger partial charge on any atom is -0.327 e. The van der Waals surface area contributed by atoms with Crippen molar-refractivity contribution in [1.82, 2.24) is 0 Å². The molecule has 52 valence electrons. The van der Waals surface area contributed by atoms with Crippen LogP contribution < -0.4 is 5.73 Å². The Hall–Kier alpha value is -0.300. The zero-order valence-electron chi connectivity index (χ0n) is 6.22. The predicted octanol–water partition coefficient (Wildman–Crippen LogP) is 1.69. The van der Waals surface area contributed by atoms with Gasteiger partial charge in [-0.05, 0) is 25.7 Å². The molecule has 0 heterocycles. The van der Waals surface area contributed by atoms with Gasteiger partial charge >= 0.3 is 0 Å². The van der Waals surface area contributed by atoms with E-state index in [1.807, 2.05) is 0 Å². The Morgan fingerprint density at radius 1 is 1.67 bits per heavy atom. The number of rotatable bonds is 0. The summed E-state index contributed by atoms with van der Waals surface area (Å²) < 4.78 is 0. The molecule has 0 radical (unpaired) electrons. The van der Waals surface area contributed by atoms with E-state index in [0.29, 0.717) is 12.0 Å². The van der Waals surface area contributed by atoms with Gasteiger partial charge in [0, 0.05) is 6.04 Å². The maximum atomic E-state index is 5.80. The third kappa shape index (κ3) is 1.55. The molecule has 0 bridgehead atoms. The van der Waals surface area contributed by atoms with Crippen molar-refractivity contribution in [1.29, 1.82) is 0 Å². The summed E-state index contributed by atoms with van der Waals surface area (Å²) >= 11 is 0. The van der Waals surface area contributed by atoms with E-state index in [1.54, 1.807) is 0 Å². The molecule has 0 amide bonds. The molecule has 2 N–H and O–H groups in total. The molecule has 0 aliphatic heterocycles. The van der Waals surface area contributed by atoms with Gasteiger partial charge in [0.1, 0.15) is 0 Å². The molecule has 0 aromatic carbocycles. The van der Waals surface area contributed by atoms with E-state index in [2.05, 4.69) is 19.9 Å². The largest absolute Gasteiger partial charge is 0.327 e. The highest BCUT2D eigenvalue weighted by Crippen LogP contribution is 2.21. The molecule has 0 spiro atoms. The van der Waals surface area contributed by atoms with Gasteiger partial charge in [-0.25, -0.2) is 0 Å².